The number of ether oxygens (including phenoxy) is 1. The highest BCUT2D eigenvalue weighted by Crippen LogP contribution is 2.30. The number of primary sulfonamides is 1. The van der Waals surface area contributed by atoms with Crippen LogP contribution in [0.3, 0.4) is 0 Å². The van der Waals surface area contributed by atoms with Crippen molar-refractivity contribution >= 4 is 43.5 Å². The predicted octanol–water partition coefficient (Wildman–Crippen LogP) is 2.95. The van der Waals surface area contributed by atoms with Crippen molar-refractivity contribution < 1.29 is 17.9 Å². The predicted molar refractivity (Wildman–Crippen MR) is 80.2 cm³/mol. The van der Waals surface area contributed by atoms with Crippen molar-refractivity contribution in [1.29, 1.82) is 0 Å². The molecule has 0 aliphatic heterocycles. The van der Waals surface area contributed by atoms with Crippen LogP contribution < -0.4 is 5.14 Å². The molecule has 0 saturated heterocycles. The Morgan fingerprint density at radius 2 is 1.90 bits per heavy atom. The van der Waals surface area contributed by atoms with E-state index in [1.165, 1.54) is 6.07 Å². The molecule has 0 spiro atoms. The Morgan fingerprint density at radius 3 is 2.35 bits per heavy atom. The zero-order valence-corrected chi connectivity index (χ0v) is 14.3. The largest absolute Gasteiger partial charge is 0.459 e. The van der Waals surface area contributed by atoms with Gasteiger partial charge in [0.1, 0.15) is 6.10 Å². The first-order chi connectivity index (χ1) is 9.04. The molecule has 20 heavy (non-hydrogen) atoms. The highest BCUT2D eigenvalue weighted by atomic mass is 79.9. The summed E-state index contributed by atoms with van der Waals surface area (Å²) >= 11 is 9.08. The van der Waals surface area contributed by atoms with Gasteiger partial charge in [-0.15, -0.1) is 0 Å². The first kappa shape index (κ1) is 17.4. The summed E-state index contributed by atoms with van der Waals surface area (Å²) in [5, 5.41) is 5.13. The van der Waals surface area contributed by atoms with E-state index in [-0.39, 0.29) is 32.0 Å². The van der Waals surface area contributed by atoms with Crippen molar-refractivity contribution in [3.05, 3.63) is 27.2 Å². The third-order valence-corrected chi connectivity index (χ3v) is 4.94. The van der Waals surface area contributed by atoms with E-state index in [9.17, 15) is 13.2 Å². The Balaban J connectivity index is 3.24. The molecule has 1 aromatic carbocycles. The minimum atomic E-state index is -3.94. The molecule has 0 aliphatic carbocycles. The molecule has 0 radical (unpaired) electrons. The van der Waals surface area contributed by atoms with Gasteiger partial charge in [0.2, 0.25) is 10.0 Å². The van der Waals surface area contributed by atoms with E-state index >= 15 is 0 Å². The van der Waals surface area contributed by atoms with Crippen molar-refractivity contribution in [2.75, 3.05) is 0 Å². The summed E-state index contributed by atoms with van der Waals surface area (Å²) in [6, 6.07) is 2.35. The molecule has 0 heterocycles. The maximum Gasteiger partial charge on any atom is 0.340 e. The summed E-state index contributed by atoms with van der Waals surface area (Å²) in [4.78, 5) is 11.8. The van der Waals surface area contributed by atoms with Gasteiger partial charge in [-0.05, 0) is 40.9 Å². The maximum atomic E-state index is 12.0. The Kier molecular flexibility index (Phi) is 5.60. The van der Waals surface area contributed by atoms with Crippen LogP contribution in [0.4, 0.5) is 0 Å². The van der Waals surface area contributed by atoms with Crippen molar-refractivity contribution in [3.8, 4) is 0 Å². The second kappa shape index (κ2) is 6.43. The summed E-state index contributed by atoms with van der Waals surface area (Å²) in [5.41, 5.74) is -0.0439. The van der Waals surface area contributed by atoms with E-state index < -0.39 is 16.0 Å². The average Bonchev–Trinajstić information content (AvgIpc) is 2.30. The maximum absolute atomic E-state index is 12.0. The van der Waals surface area contributed by atoms with Crippen LogP contribution in [-0.4, -0.2) is 20.5 Å². The number of hydrogen-bond acceptors (Lipinski definition) is 4. The normalized spacial score (nSPS) is 13.3. The van der Waals surface area contributed by atoms with E-state index in [2.05, 4.69) is 15.9 Å². The van der Waals surface area contributed by atoms with Crippen LogP contribution in [0.1, 0.15) is 31.1 Å². The molecule has 112 valence electrons. The fourth-order valence-corrected chi connectivity index (χ4v) is 2.61. The monoisotopic (exact) mass is 383 g/mol. The molecule has 5 nitrogen and oxygen atoms in total. The lowest BCUT2D eigenvalue weighted by atomic mass is 10.1. The number of nitrogens with two attached hydrogens (primary N) is 1. The number of carbonyl (C=O) groups excluding carboxylic acids is 1. The number of esters is 1. The second-order valence-corrected chi connectivity index (χ2v) is 7.46. The van der Waals surface area contributed by atoms with E-state index in [1.54, 1.807) is 6.92 Å². The molecule has 0 aromatic heterocycles. The van der Waals surface area contributed by atoms with Gasteiger partial charge in [-0.25, -0.2) is 18.4 Å². The fourth-order valence-electron chi connectivity index (χ4n) is 1.25. The van der Waals surface area contributed by atoms with Gasteiger partial charge in [-0.2, -0.15) is 0 Å². The molecule has 0 saturated carbocycles. The fraction of sp³-hybridized carbons (Fsp3) is 0.417. The summed E-state index contributed by atoms with van der Waals surface area (Å²) in [5.74, 6) is -0.565. The summed E-state index contributed by atoms with van der Waals surface area (Å²) in [6.45, 7) is 5.54. The minimum absolute atomic E-state index is 0.0439. The van der Waals surface area contributed by atoms with Crippen LogP contribution in [0.25, 0.3) is 0 Å². The number of hydrogen-bond donors (Lipinski definition) is 1. The van der Waals surface area contributed by atoms with Crippen molar-refractivity contribution in [2.24, 2.45) is 11.1 Å². The third-order valence-electron chi connectivity index (χ3n) is 2.78. The molecular weight excluding hydrogens is 370 g/mol. The lowest BCUT2D eigenvalue weighted by Gasteiger charge is -2.17. The van der Waals surface area contributed by atoms with Gasteiger partial charge in [-0.1, -0.05) is 25.4 Å². The molecule has 8 heteroatoms. The SMILES string of the molecule is CC(C)C(C)OC(=O)c1cc(S(N)(=O)=O)cc(Br)c1Cl. The Hall–Kier alpha value is -0.630. The van der Waals surface area contributed by atoms with Gasteiger partial charge in [0.25, 0.3) is 0 Å². The van der Waals surface area contributed by atoms with Crippen LogP contribution in [0.15, 0.2) is 21.5 Å². The van der Waals surface area contributed by atoms with Crippen LogP contribution in [0, 0.1) is 5.92 Å². The number of sulfonamides is 1. The smallest absolute Gasteiger partial charge is 0.340 e. The topological polar surface area (TPSA) is 86.5 Å². The van der Waals surface area contributed by atoms with Gasteiger partial charge in [-0.3, -0.25) is 0 Å². The highest BCUT2D eigenvalue weighted by Gasteiger charge is 2.22. The number of carbonyl (C=O) groups is 1. The van der Waals surface area contributed by atoms with Gasteiger partial charge >= 0.3 is 5.97 Å². The standard InChI is InChI=1S/C12H15BrClNO4S/c1-6(2)7(3)19-12(16)9-4-8(20(15,17)18)5-10(13)11(9)14/h4-7H,1-3H3,(H2,15,17,18). The van der Waals surface area contributed by atoms with Crippen molar-refractivity contribution in [1.82, 2.24) is 0 Å². The van der Waals surface area contributed by atoms with Crippen LogP contribution in [-0.2, 0) is 14.8 Å². The Morgan fingerprint density at radius 1 is 1.35 bits per heavy atom. The van der Waals surface area contributed by atoms with E-state index in [4.69, 9.17) is 21.5 Å². The van der Waals surface area contributed by atoms with Crippen LogP contribution in [0.5, 0.6) is 0 Å². The number of halogens is 2. The molecular formula is C12H15BrClNO4S. The minimum Gasteiger partial charge on any atom is -0.459 e. The molecule has 1 unspecified atom stereocenters. The van der Waals surface area contributed by atoms with Gasteiger partial charge in [0.15, 0.2) is 0 Å². The highest BCUT2D eigenvalue weighted by molar-refractivity contribution is 9.10. The van der Waals surface area contributed by atoms with E-state index in [0.29, 0.717) is 0 Å². The number of rotatable bonds is 4. The van der Waals surface area contributed by atoms with Crippen molar-refractivity contribution in [3.63, 3.8) is 0 Å². The molecule has 1 atom stereocenters. The molecule has 1 aromatic rings. The van der Waals surface area contributed by atoms with Gasteiger partial charge < -0.3 is 4.74 Å². The summed E-state index contributed by atoms with van der Waals surface area (Å²) < 4.78 is 28.2. The first-order valence-electron chi connectivity index (χ1n) is 5.77. The van der Waals surface area contributed by atoms with Crippen LogP contribution >= 0.6 is 27.5 Å². The summed E-state index contributed by atoms with van der Waals surface area (Å²) in [7, 11) is -3.94. The Bertz CT molecular complexity index is 631. The molecule has 2 N–H and O–H groups in total. The molecule has 1 rings (SSSR count). The van der Waals surface area contributed by atoms with Gasteiger partial charge in [0, 0.05) is 4.47 Å². The number of benzene rings is 1. The van der Waals surface area contributed by atoms with Crippen LogP contribution in [0.2, 0.25) is 5.02 Å². The summed E-state index contributed by atoms with van der Waals surface area (Å²) in [6.07, 6.45) is -0.324. The van der Waals surface area contributed by atoms with Crippen molar-refractivity contribution in [2.45, 2.75) is 31.8 Å². The Labute approximate surface area is 131 Å². The average molecular weight is 385 g/mol. The quantitative estimate of drug-likeness (QED) is 0.809. The zero-order chi connectivity index (χ0) is 15.7. The second-order valence-electron chi connectivity index (χ2n) is 4.67. The van der Waals surface area contributed by atoms with E-state index in [1.807, 2.05) is 13.8 Å². The molecule has 0 aliphatic rings. The van der Waals surface area contributed by atoms with Gasteiger partial charge in [0.05, 0.1) is 15.5 Å². The molecule has 0 amide bonds. The zero-order valence-electron chi connectivity index (χ0n) is 11.2. The first-order valence-corrected chi connectivity index (χ1v) is 8.48. The molecule has 0 fully saturated rings. The molecule has 0 bridgehead atoms. The third kappa shape index (κ3) is 4.18. The lowest BCUT2D eigenvalue weighted by Crippen LogP contribution is -2.21. The lowest BCUT2D eigenvalue weighted by molar-refractivity contribution is 0.0238. The van der Waals surface area contributed by atoms with E-state index in [0.717, 1.165) is 6.07 Å².